The Bertz CT molecular complexity index is 357. The summed E-state index contributed by atoms with van der Waals surface area (Å²) in [5.41, 5.74) is 1.87. The minimum Gasteiger partial charge on any atom is -0.211 e. The first-order valence-electron chi connectivity index (χ1n) is 4.08. The van der Waals surface area contributed by atoms with E-state index in [2.05, 4.69) is 10.3 Å². The second kappa shape index (κ2) is 5.60. The molecule has 1 rings (SSSR count). The van der Waals surface area contributed by atoms with Crippen molar-refractivity contribution in [3.05, 3.63) is 35.4 Å². The number of benzene rings is 1. The third-order valence-electron chi connectivity index (χ3n) is 1.68. The lowest BCUT2D eigenvalue weighted by Gasteiger charge is -1.98. The quantitative estimate of drug-likeness (QED) is 0.320. The van der Waals surface area contributed by atoms with Crippen LogP contribution in [0.3, 0.4) is 0 Å². The molecule has 0 aliphatic heterocycles. The average Bonchev–Trinajstić information content (AvgIpc) is 2.24. The molecule has 4 heteroatoms. The van der Waals surface area contributed by atoms with Crippen LogP contribution >= 0.6 is 0 Å². The number of isocyanates is 1. The highest BCUT2D eigenvalue weighted by molar-refractivity contribution is 5.47. The first-order valence-corrected chi connectivity index (χ1v) is 4.08. The number of hydrogen-bond donors (Lipinski definition) is 1. The molecule has 70 valence electrons. The smallest absolute Gasteiger partial charge is 0.211 e. The zero-order valence-electron chi connectivity index (χ0n) is 7.49. The van der Waals surface area contributed by atoms with Crippen LogP contribution in [0.2, 0.25) is 0 Å². The number of amides is 1. The zero-order chi connectivity index (χ0) is 10.2. The van der Waals surface area contributed by atoms with E-state index in [-0.39, 0.29) is 0 Å². The maximum Gasteiger partial charge on any atom is 0.665 e. The van der Waals surface area contributed by atoms with Gasteiger partial charge in [-0.05, 0) is 11.1 Å². The van der Waals surface area contributed by atoms with Crippen molar-refractivity contribution in [3.8, 4) is 0 Å². The molecule has 0 aliphatic rings. The molecule has 0 atom stereocenters. The summed E-state index contributed by atoms with van der Waals surface area (Å²) in [5, 5.41) is 2.43. The molecule has 0 saturated carbocycles. The van der Waals surface area contributed by atoms with Crippen LogP contribution in [0.15, 0.2) is 29.3 Å². The minimum absolute atomic E-state index is 0.322. The molecule has 0 bridgehead atoms. The van der Waals surface area contributed by atoms with Gasteiger partial charge in [-0.3, -0.25) is 0 Å². The van der Waals surface area contributed by atoms with E-state index in [0.29, 0.717) is 13.1 Å². The molecule has 1 amide bonds. The molecule has 4 nitrogen and oxygen atoms in total. The van der Waals surface area contributed by atoms with Gasteiger partial charge in [0.05, 0.1) is 17.9 Å². The fourth-order valence-corrected chi connectivity index (χ4v) is 1.10. The van der Waals surface area contributed by atoms with Gasteiger partial charge in [0.15, 0.2) is 0 Å². The van der Waals surface area contributed by atoms with Gasteiger partial charge in [0.2, 0.25) is 6.08 Å². The van der Waals surface area contributed by atoms with Crippen molar-refractivity contribution in [3.63, 3.8) is 0 Å². The summed E-state index contributed by atoms with van der Waals surface area (Å²) in [6, 6.07) is 7.44. The third-order valence-corrected chi connectivity index (χ3v) is 1.68. The number of hydrogen-bond acceptors (Lipinski definition) is 3. The topological polar surface area (TPSA) is 58.5 Å². The lowest BCUT2D eigenvalue weighted by atomic mass is 10.1. The molecule has 1 aromatic carbocycles. The fourth-order valence-electron chi connectivity index (χ4n) is 1.10. The molecule has 0 heterocycles. The van der Waals surface area contributed by atoms with Crippen LogP contribution in [-0.2, 0) is 22.7 Å². The maximum atomic E-state index is 9.93. The van der Waals surface area contributed by atoms with E-state index < -0.39 is 0 Å². The van der Waals surface area contributed by atoms with E-state index in [1.807, 2.05) is 24.3 Å². The average molecular weight is 189 g/mol. The molecule has 14 heavy (non-hydrogen) atoms. The van der Waals surface area contributed by atoms with Crippen molar-refractivity contribution in [2.24, 2.45) is 4.99 Å². The summed E-state index contributed by atoms with van der Waals surface area (Å²) in [6.07, 6.45) is 3.07. The predicted molar refractivity (Wildman–Crippen MR) is 50.8 cm³/mol. The third kappa shape index (κ3) is 3.15. The van der Waals surface area contributed by atoms with E-state index in [1.165, 1.54) is 6.08 Å². The minimum atomic E-state index is 0.322. The molecule has 0 aromatic heterocycles. The van der Waals surface area contributed by atoms with E-state index in [1.54, 1.807) is 6.41 Å². The van der Waals surface area contributed by atoms with Crippen LogP contribution in [0.1, 0.15) is 11.1 Å². The van der Waals surface area contributed by atoms with Gasteiger partial charge in [0.1, 0.15) is 0 Å². The summed E-state index contributed by atoms with van der Waals surface area (Å²) in [6.45, 7) is 0.754. The van der Waals surface area contributed by atoms with Crippen LogP contribution < -0.4 is 5.32 Å². The number of rotatable bonds is 5. The second-order valence-electron chi connectivity index (χ2n) is 2.68. The molecular formula is C10H9N2O2+. The van der Waals surface area contributed by atoms with Crippen molar-refractivity contribution >= 4 is 12.5 Å². The lowest BCUT2D eigenvalue weighted by Crippen LogP contribution is -2.09. The standard InChI is InChI=1S/C10H9N2O2/c13-7-11-5-9-2-1-3-10(4-9)6-12-8-14/h1-4H,5-6H2,(H,11,13)/q+1. The van der Waals surface area contributed by atoms with Gasteiger partial charge in [-0.1, -0.05) is 24.3 Å². The SMILES string of the molecule is O=C=NCc1cccc(CN[C+]=O)c1. The molecule has 0 fully saturated rings. The highest BCUT2D eigenvalue weighted by atomic mass is 16.1. The van der Waals surface area contributed by atoms with Crippen molar-refractivity contribution in [1.82, 2.24) is 5.32 Å². The summed E-state index contributed by atoms with van der Waals surface area (Å²) >= 11 is 0. The van der Waals surface area contributed by atoms with Crippen LogP contribution in [0.5, 0.6) is 0 Å². The Morgan fingerprint density at radius 3 is 2.93 bits per heavy atom. The van der Waals surface area contributed by atoms with Crippen LogP contribution in [0.25, 0.3) is 0 Å². The first-order chi connectivity index (χ1) is 6.86. The normalized spacial score (nSPS) is 8.57. The van der Waals surface area contributed by atoms with Gasteiger partial charge in [0.25, 0.3) is 0 Å². The molecule has 1 aromatic rings. The molecule has 0 radical (unpaired) electrons. The molecule has 0 spiro atoms. The Kier molecular flexibility index (Phi) is 4.02. The number of nitrogens with one attached hydrogen (secondary N) is 1. The lowest BCUT2D eigenvalue weighted by molar-refractivity contribution is 0.542. The maximum absolute atomic E-state index is 9.93. The van der Waals surface area contributed by atoms with Crippen LogP contribution in [-0.4, -0.2) is 12.5 Å². The Labute approximate surface area is 81.7 Å². The predicted octanol–water partition coefficient (Wildman–Crippen LogP) is 0.679. The monoisotopic (exact) mass is 189 g/mol. The Morgan fingerprint density at radius 1 is 1.43 bits per heavy atom. The Hall–Kier alpha value is -2.02. The number of carbonyl (C=O) groups excluding carboxylic acids is 2. The van der Waals surface area contributed by atoms with Crippen molar-refractivity contribution in [1.29, 1.82) is 0 Å². The van der Waals surface area contributed by atoms with Crippen molar-refractivity contribution < 1.29 is 9.59 Å². The zero-order valence-corrected chi connectivity index (χ0v) is 7.49. The second-order valence-corrected chi connectivity index (χ2v) is 2.68. The van der Waals surface area contributed by atoms with Gasteiger partial charge in [-0.15, -0.1) is 5.32 Å². The summed E-state index contributed by atoms with van der Waals surface area (Å²) < 4.78 is 0. The van der Waals surface area contributed by atoms with Crippen LogP contribution in [0, 0.1) is 0 Å². The number of aliphatic imine (C=N–C) groups is 1. The first kappa shape index (κ1) is 10.1. The van der Waals surface area contributed by atoms with E-state index in [0.717, 1.165) is 11.1 Å². The summed E-state index contributed by atoms with van der Waals surface area (Å²) in [4.78, 5) is 23.3. The van der Waals surface area contributed by atoms with Crippen molar-refractivity contribution in [2.45, 2.75) is 13.1 Å². The van der Waals surface area contributed by atoms with Crippen LogP contribution in [0.4, 0.5) is 0 Å². The highest BCUT2D eigenvalue weighted by Gasteiger charge is 1.99. The summed E-state index contributed by atoms with van der Waals surface area (Å²) in [7, 11) is 0. The molecule has 0 unspecified atom stereocenters. The van der Waals surface area contributed by atoms with Gasteiger partial charge >= 0.3 is 6.41 Å². The fraction of sp³-hybridized carbons (Fsp3) is 0.200. The van der Waals surface area contributed by atoms with Crippen molar-refractivity contribution in [2.75, 3.05) is 0 Å². The molecule has 1 N–H and O–H groups in total. The van der Waals surface area contributed by atoms with E-state index in [9.17, 15) is 9.59 Å². The van der Waals surface area contributed by atoms with Gasteiger partial charge in [-0.25, -0.2) is 9.79 Å². The van der Waals surface area contributed by atoms with E-state index >= 15 is 0 Å². The van der Waals surface area contributed by atoms with E-state index in [4.69, 9.17) is 0 Å². The number of nitrogens with zero attached hydrogens (tertiary/aromatic N) is 1. The van der Waals surface area contributed by atoms with Gasteiger partial charge in [0, 0.05) is 0 Å². The largest absolute Gasteiger partial charge is 0.665 e. The van der Waals surface area contributed by atoms with Gasteiger partial charge in [-0.2, -0.15) is 0 Å². The Balaban J connectivity index is 2.67. The molecule has 0 saturated heterocycles. The van der Waals surface area contributed by atoms with Gasteiger partial charge < -0.3 is 0 Å². The highest BCUT2D eigenvalue weighted by Crippen LogP contribution is 2.05. The Morgan fingerprint density at radius 2 is 2.21 bits per heavy atom. The summed E-state index contributed by atoms with van der Waals surface area (Å²) in [5.74, 6) is 0. The molecule has 0 aliphatic carbocycles. The molecular weight excluding hydrogens is 180 g/mol.